The zero-order valence-corrected chi connectivity index (χ0v) is 19.0. The highest BCUT2D eigenvalue weighted by Gasteiger charge is 2.52. The van der Waals surface area contributed by atoms with E-state index in [1.54, 1.807) is 30.3 Å². The molecule has 1 fully saturated rings. The number of ketones is 1. The Hall–Kier alpha value is -3.40. The van der Waals surface area contributed by atoms with Crippen molar-refractivity contribution in [2.45, 2.75) is 50.1 Å². The van der Waals surface area contributed by atoms with Gasteiger partial charge in [-0.15, -0.1) is 22.0 Å². The molecule has 0 unspecified atom stereocenters. The number of carbonyl (C=O) groups is 5. The second-order valence-electron chi connectivity index (χ2n) is 8.09. The molecule has 1 N–H and O–H groups in total. The molecule has 1 aromatic heterocycles. The van der Waals surface area contributed by atoms with Crippen molar-refractivity contribution in [3.8, 4) is 0 Å². The largest absolute Gasteiger partial charge is 0.294 e. The van der Waals surface area contributed by atoms with Crippen LogP contribution in [0.2, 0.25) is 0 Å². The molecule has 0 radical (unpaired) electrons. The number of piperidine rings is 1. The molecule has 3 heterocycles. The number of hydrogen-bond acceptors (Lipinski definition) is 8. The predicted octanol–water partition coefficient (Wildman–Crippen LogP) is 2.20. The second-order valence-corrected chi connectivity index (χ2v) is 9.37. The maximum atomic E-state index is 13.1. The van der Waals surface area contributed by atoms with Crippen molar-refractivity contribution in [2.24, 2.45) is 0 Å². The van der Waals surface area contributed by atoms with Gasteiger partial charge in [-0.1, -0.05) is 13.0 Å². The first-order valence-corrected chi connectivity index (χ1v) is 11.6. The van der Waals surface area contributed by atoms with Gasteiger partial charge in [-0.05, 0) is 55.3 Å². The second kappa shape index (κ2) is 8.86. The zero-order chi connectivity index (χ0) is 23.8. The number of aromatic nitrogens is 2. The molecule has 1 atom stereocenters. The average Bonchev–Trinajstić information content (AvgIpc) is 3.05. The van der Waals surface area contributed by atoms with Crippen LogP contribution in [0.4, 0.5) is 0 Å². The number of Topliss-reactive ketones (excluding diaryl/α,β-unsaturated/α-hetero) is 1. The highest BCUT2D eigenvalue weighted by molar-refractivity contribution is 7.99. The number of aryl methyl sites for hydroxylation is 1. The summed E-state index contributed by atoms with van der Waals surface area (Å²) in [6.07, 6.45) is 0.639. The lowest BCUT2D eigenvalue weighted by atomic mass is 9.89. The van der Waals surface area contributed by atoms with Crippen LogP contribution in [0.3, 0.4) is 0 Å². The number of imide groups is 2. The van der Waals surface area contributed by atoms with E-state index >= 15 is 0 Å². The Morgan fingerprint density at radius 1 is 1.09 bits per heavy atom. The molecular weight excluding hydrogens is 444 g/mol. The number of hydrogen-bond donors (Lipinski definition) is 1. The number of nitrogens with zero attached hydrogens (tertiary/aromatic N) is 3. The highest BCUT2D eigenvalue weighted by Crippen LogP contribution is 2.34. The third-order valence-corrected chi connectivity index (χ3v) is 6.69. The summed E-state index contributed by atoms with van der Waals surface area (Å²) >= 11 is 1.54. The van der Waals surface area contributed by atoms with Gasteiger partial charge in [0.05, 0.1) is 11.1 Å². The van der Waals surface area contributed by atoms with Crippen LogP contribution in [0.5, 0.6) is 0 Å². The maximum absolute atomic E-state index is 13.1. The predicted molar refractivity (Wildman–Crippen MR) is 119 cm³/mol. The molecule has 0 saturated carbocycles. The van der Waals surface area contributed by atoms with E-state index in [1.165, 1.54) is 18.7 Å². The van der Waals surface area contributed by atoms with Gasteiger partial charge in [-0.25, -0.2) is 0 Å². The summed E-state index contributed by atoms with van der Waals surface area (Å²) < 4.78 is 0. The molecule has 0 aliphatic carbocycles. The molecule has 2 aromatic rings. The van der Waals surface area contributed by atoms with E-state index < -0.39 is 29.2 Å². The van der Waals surface area contributed by atoms with Crippen molar-refractivity contribution in [3.63, 3.8) is 0 Å². The van der Waals surface area contributed by atoms with Gasteiger partial charge in [0, 0.05) is 12.8 Å². The van der Waals surface area contributed by atoms with Crippen LogP contribution >= 0.6 is 11.8 Å². The lowest BCUT2D eigenvalue weighted by molar-refractivity contribution is -0.140. The Balaban J connectivity index is 1.48. The molecule has 0 spiro atoms. The van der Waals surface area contributed by atoms with Gasteiger partial charge in [0.2, 0.25) is 5.91 Å². The molecule has 4 amide bonds. The van der Waals surface area contributed by atoms with Crippen molar-refractivity contribution in [1.29, 1.82) is 0 Å². The Bertz CT molecular complexity index is 1180. The first kappa shape index (κ1) is 22.8. The topological polar surface area (TPSA) is 126 Å². The minimum atomic E-state index is -1.43. The van der Waals surface area contributed by atoms with Gasteiger partial charge in [-0.2, -0.15) is 0 Å². The monoisotopic (exact) mass is 466 g/mol. The van der Waals surface area contributed by atoms with E-state index in [-0.39, 0.29) is 41.9 Å². The molecule has 10 heteroatoms. The average molecular weight is 467 g/mol. The minimum absolute atomic E-state index is 0.0456. The number of amides is 4. The Kier molecular flexibility index (Phi) is 6.11. The van der Waals surface area contributed by atoms with E-state index in [0.717, 1.165) is 15.7 Å². The third kappa shape index (κ3) is 4.18. The Morgan fingerprint density at radius 2 is 1.85 bits per heavy atom. The van der Waals surface area contributed by atoms with E-state index in [9.17, 15) is 24.0 Å². The molecule has 170 valence electrons. The number of benzene rings is 1. The molecule has 1 saturated heterocycles. The first-order valence-electron chi connectivity index (χ1n) is 10.6. The molecular formula is C23H22N4O5S. The minimum Gasteiger partial charge on any atom is -0.294 e. The molecule has 2 aliphatic heterocycles. The van der Waals surface area contributed by atoms with Crippen molar-refractivity contribution in [1.82, 2.24) is 20.4 Å². The van der Waals surface area contributed by atoms with Gasteiger partial charge in [0.15, 0.2) is 5.78 Å². The fourth-order valence-electron chi connectivity index (χ4n) is 3.98. The van der Waals surface area contributed by atoms with Crippen molar-refractivity contribution in [3.05, 3.63) is 52.7 Å². The standard InChI is InChI=1S/C23H22N4O5S/c1-3-33-19-9-7-16(25-26-19)17(28)8-5-13-4-6-14-15(12-13)21(31)27(20(14)30)23(2)11-10-18(29)24-22(23)32/h4,6-7,9,12H,3,5,8,10-11H2,1-2H3,(H,24,29,32)/t23-/m0/s1. The van der Waals surface area contributed by atoms with Crippen molar-refractivity contribution >= 4 is 41.2 Å². The van der Waals surface area contributed by atoms with Crippen LogP contribution in [-0.4, -0.2) is 55.8 Å². The van der Waals surface area contributed by atoms with Crippen molar-refractivity contribution in [2.75, 3.05) is 5.75 Å². The smallest absolute Gasteiger partial charge is 0.262 e. The van der Waals surface area contributed by atoms with E-state index in [2.05, 4.69) is 15.5 Å². The first-order chi connectivity index (χ1) is 15.7. The molecule has 33 heavy (non-hydrogen) atoms. The van der Waals surface area contributed by atoms with E-state index in [1.807, 2.05) is 6.92 Å². The number of nitrogens with one attached hydrogen (secondary N) is 1. The number of thioether (sulfide) groups is 1. The third-order valence-electron chi connectivity index (χ3n) is 5.88. The Labute approximate surface area is 194 Å². The van der Waals surface area contributed by atoms with Crippen LogP contribution < -0.4 is 5.32 Å². The van der Waals surface area contributed by atoms with Gasteiger partial charge in [0.25, 0.3) is 17.7 Å². The summed E-state index contributed by atoms with van der Waals surface area (Å²) in [5, 5.41) is 11.0. The van der Waals surface area contributed by atoms with Crippen LogP contribution in [-0.2, 0) is 16.0 Å². The van der Waals surface area contributed by atoms with E-state index in [4.69, 9.17) is 0 Å². The molecule has 1 aromatic carbocycles. The fourth-order valence-corrected chi connectivity index (χ4v) is 4.54. The fraction of sp³-hybridized carbons (Fsp3) is 0.348. The highest BCUT2D eigenvalue weighted by atomic mass is 32.2. The summed E-state index contributed by atoms with van der Waals surface area (Å²) in [6.45, 7) is 3.49. The number of rotatable bonds is 7. The van der Waals surface area contributed by atoms with Crippen LogP contribution in [0.15, 0.2) is 35.4 Å². The normalized spacial score (nSPS) is 20.1. The van der Waals surface area contributed by atoms with Gasteiger partial charge in [0.1, 0.15) is 16.3 Å². The summed E-state index contributed by atoms with van der Waals surface area (Å²) in [4.78, 5) is 63.5. The zero-order valence-electron chi connectivity index (χ0n) is 18.2. The lowest BCUT2D eigenvalue weighted by Crippen LogP contribution is -2.62. The maximum Gasteiger partial charge on any atom is 0.262 e. The molecule has 0 bridgehead atoms. The molecule has 4 rings (SSSR count). The van der Waals surface area contributed by atoms with Crippen molar-refractivity contribution < 1.29 is 24.0 Å². The quantitative estimate of drug-likeness (QED) is 0.374. The van der Waals surface area contributed by atoms with Crippen LogP contribution in [0.25, 0.3) is 0 Å². The van der Waals surface area contributed by atoms with Gasteiger partial charge >= 0.3 is 0 Å². The number of fused-ring (bicyclic) bond motifs is 1. The summed E-state index contributed by atoms with van der Waals surface area (Å²) in [5.41, 5.74) is -0.0463. The van der Waals surface area contributed by atoms with Gasteiger partial charge < -0.3 is 0 Å². The van der Waals surface area contributed by atoms with E-state index in [0.29, 0.717) is 12.0 Å². The summed E-state index contributed by atoms with van der Waals surface area (Å²) in [5.74, 6) is -1.54. The van der Waals surface area contributed by atoms with Crippen LogP contribution in [0, 0.1) is 0 Å². The lowest BCUT2D eigenvalue weighted by Gasteiger charge is -2.38. The molecule has 2 aliphatic rings. The SMILES string of the molecule is CCSc1ccc(C(=O)CCc2ccc3c(c2)C(=O)N([C@@]2(C)CCC(=O)NC2=O)C3=O)nn1. The Morgan fingerprint density at radius 3 is 2.52 bits per heavy atom. The summed E-state index contributed by atoms with van der Waals surface area (Å²) in [6, 6.07) is 8.24. The van der Waals surface area contributed by atoms with Crippen LogP contribution in [0.1, 0.15) is 69.9 Å². The summed E-state index contributed by atoms with van der Waals surface area (Å²) in [7, 11) is 0. The van der Waals surface area contributed by atoms with Gasteiger partial charge in [-0.3, -0.25) is 34.2 Å². The number of carbonyl (C=O) groups excluding carboxylic acids is 5. The molecule has 9 nitrogen and oxygen atoms in total.